The van der Waals surface area contributed by atoms with Gasteiger partial charge in [-0.15, -0.1) is 24.0 Å². The first-order valence-corrected chi connectivity index (χ1v) is 8.80. The number of aliphatic imine (C=N–C) groups is 1. The van der Waals surface area contributed by atoms with Crippen LogP contribution in [0, 0.1) is 0 Å². The van der Waals surface area contributed by atoms with Crippen LogP contribution >= 0.6 is 47.2 Å². The Labute approximate surface area is 185 Å². The summed E-state index contributed by atoms with van der Waals surface area (Å²) < 4.78 is 5.49. The molecule has 5 nitrogen and oxygen atoms in total. The highest BCUT2D eigenvalue weighted by Gasteiger charge is 2.11. The normalized spacial score (nSPS) is 12.3. The second-order valence-corrected chi connectivity index (χ2v) is 6.59. The van der Waals surface area contributed by atoms with Crippen molar-refractivity contribution in [2.75, 3.05) is 0 Å². The molecule has 0 aliphatic carbocycles. The van der Waals surface area contributed by atoms with Gasteiger partial charge < -0.3 is 15.5 Å². The van der Waals surface area contributed by atoms with Gasteiger partial charge in [0, 0.05) is 15.6 Å². The molecule has 27 heavy (non-hydrogen) atoms. The van der Waals surface area contributed by atoms with Gasteiger partial charge >= 0.3 is 0 Å². The smallest absolute Gasteiger partial charge is 0.226 e. The van der Waals surface area contributed by atoms with E-state index in [4.69, 9.17) is 33.4 Å². The molecule has 0 aliphatic heterocycles. The topological polar surface area (TPSA) is 76.4 Å². The van der Waals surface area contributed by atoms with Gasteiger partial charge in [0.2, 0.25) is 5.89 Å². The molecule has 0 fully saturated rings. The van der Waals surface area contributed by atoms with Gasteiger partial charge in [-0.25, -0.2) is 9.98 Å². The maximum atomic E-state index is 6.21. The van der Waals surface area contributed by atoms with E-state index < -0.39 is 0 Å². The van der Waals surface area contributed by atoms with Crippen molar-refractivity contribution in [3.8, 4) is 11.5 Å². The molecule has 3 N–H and O–H groups in total. The fourth-order valence-electron chi connectivity index (χ4n) is 2.46. The average Bonchev–Trinajstić information content (AvgIpc) is 3.09. The van der Waals surface area contributed by atoms with Crippen LogP contribution in [0.1, 0.15) is 24.2 Å². The Morgan fingerprint density at radius 1 is 1.22 bits per heavy atom. The molecule has 1 unspecified atom stereocenters. The van der Waals surface area contributed by atoms with Crippen LogP contribution in [0.3, 0.4) is 0 Å². The molecule has 3 rings (SSSR count). The number of aromatic nitrogens is 1. The number of halogens is 3. The van der Waals surface area contributed by atoms with Crippen LogP contribution in [0.4, 0.5) is 0 Å². The first-order chi connectivity index (χ1) is 12.5. The van der Waals surface area contributed by atoms with Crippen molar-refractivity contribution >= 4 is 53.1 Å². The van der Waals surface area contributed by atoms with Crippen LogP contribution in [-0.2, 0) is 6.54 Å². The molecule has 8 heteroatoms. The molecule has 1 heterocycles. The van der Waals surface area contributed by atoms with E-state index in [1.165, 1.54) is 0 Å². The van der Waals surface area contributed by atoms with Crippen molar-refractivity contribution in [3.05, 3.63) is 76.1 Å². The summed E-state index contributed by atoms with van der Waals surface area (Å²) >= 11 is 12.1. The standard InChI is InChI=1S/C19H18Cl2N4O.HI/c1-12(16-8-7-14(20)9-17(16)21)24-19(22)23-10-15-11-26-18(25-15)13-5-3-2-4-6-13;/h2-9,11-12H,10H2,1H3,(H3,22,23,24);1H. The summed E-state index contributed by atoms with van der Waals surface area (Å²) in [5, 5.41) is 4.28. The minimum absolute atomic E-state index is 0. The SMILES string of the molecule is CC(NC(N)=NCc1coc(-c2ccccc2)n1)c1ccc(Cl)cc1Cl.I. The third kappa shape index (κ3) is 5.85. The van der Waals surface area contributed by atoms with Crippen LogP contribution in [0.2, 0.25) is 10.0 Å². The van der Waals surface area contributed by atoms with Crippen LogP contribution < -0.4 is 11.1 Å². The number of nitrogens with two attached hydrogens (primary N) is 1. The molecule has 0 aliphatic rings. The first-order valence-electron chi connectivity index (χ1n) is 8.04. The molecule has 0 saturated carbocycles. The Morgan fingerprint density at radius 3 is 2.67 bits per heavy atom. The van der Waals surface area contributed by atoms with Crippen molar-refractivity contribution in [3.63, 3.8) is 0 Å². The summed E-state index contributed by atoms with van der Waals surface area (Å²) in [6, 6.07) is 14.9. The number of rotatable bonds is 5. The fraction of sp³-hybridized carbons (Fsp3) is 0.158. The van der Waals surface area contributed by atoms with E-state index in [1.807, 2.05) is 43.3 Å². The van der Waals surface area contributed by atoms with Crippen molar-refractivity contribution in [2.24, 2.45) is 10.7 Å². The Kier molecular flexibility index (Phi) is 7.94. The molecule has 142 valence electrons. The highest BCUT2D eigenvalue weighted by atomic mass is 127. The highest BCUT2D eigenvalue weighted by Crippen LogP contribution is 2.26. The minimum atomic E-state index is -0.110. The number of hydrogen-bond acceptors (Lipinski definition) is 3. The van der Waals surface area contributed by atoms with Crippen molar-refractivity contribution < 1.29 is 4.42 Å². The number of hydrogen-bond donors (Lipinski definition) is 2. The molecule has 0 bridgehead atoms. The Bertz CT molecular complexity index is 915. The van der Waals surface area contributed by atoms with Gasteiger partial charge in [0.25, 0.3) is 0 Å². The van der Waals surface area contributed by atoms with Gasteiger partial charge in [0.1, 0.15) is 12.0 Å². The first kappa shape index (κ1) is 21.5. The summed E-state index contributed by atoms with van der Waals surface area (Å²) in [6.07, 6.45) is 1.58. The molecule has 0 radical (unpaired) electrons. The summed E-state index contributed by atoms with van der Waals surface area (Å²) in [6.45, 7) is 2.26. The van der Waals surface area contributed by atoms with Gasteiger partial charge in [-0.3, -0.25) is 0 Å². The largest absolute Gasteiger partial charge is 0.444 e. The lowest BCUT2D eigenvalue weighted by molar-refractivity contribution is 0.572. The van der Waals surface area contributed by atoms with Crippen LogP contribution in [-0.4, -0.2) is 10.9 Å². The fourth-order valence-corrected chi connectivity index (χ4v) is 3.03. The van der Waals surface area contributed by atoms with Crippen LogP contribution in [0.5, 0.6) is 0 Å². The van der Waals surface area contributed by atoms with Crippen LogP contribution in [0.25, 0.3) is 11.5 Å². The van der Waals surface area contributed by atoms with Gasteiger partial charge in [-0.1, -0.05) is 47.5 Å². The monoisotopic (exact) mass is 516 g/mol. The van der Waals surface area contributed by atoms with E-state index in [-0.39, 0.29) is 30.0 Å². The number of nitrogens with zero attached hydrogens (tertiary/aromatic N) is 2. The lowest BCUT2D eigenvalue weighted by Gasteiger charge is -2.16. The lowest BCUT2D eigenvalue weighted by Crippen LogP contribution is -2.34. The summed E-state index contributed by atoms with van der Waals surface area (Å²) in [5.74, 6) is 0.858. The molecule has 0 saturated heterocycles. The number of oxazole rings is 1. The Balaban J connectivity index is 0.00000261. The molecule has 2 aromatic carbocycles. The number of benzene rings is 2. The maximum absolute atomic E-state index is 6.21. The van der Waals surface area contributed by atoms with E-state index >= 15 is 0 Å². The summed E-state index contributed by atoms with van der Waals surface area (Å²) in [7, 11) is 0. The van der Waals surface area contributed by atoms with Gasteiger partial charge in [-0.05, 0) is 36.8 Å². The molecule has 1 atom stereocenters. The maximum Gasteiger partial charge on any atom is 0.226 e. The van der Waals surface area contributed by atoms with Crippen molar-refractivity contribution in [2.45, 2.75) is 19.5 Å². The molecule has 3 aromatic rings. The third-order valence-corrected chi connectivity index (χ3v) is 4.34. The minimum Gasteiger partial charge on any atom is -0.444 e. The molecule has 1 aromatic heterocycles. The number of nitrogens with one attached hydrogen (secondary N) is 1. The predicted octanol–water partition coefficient (Wildman–Crippen LogP) is 5.43. The van der Waals surface area contributed by atoms with E-state index in [2.05, 4.69) is 15.3 Å². The molecule has 0 amide bonds. The lowest BCUT2D eigenvalue weighted by atomic mass is 10.1. The Morgan fingerprint density at radius 2 is 1.96 bits per heavy atom. The second-order valence-electron chi connectivity index (χ2n) is 5.74. The second kappa shape index (κ2) is 9.96. The zero-order valence-electron chi connectivity index (χ0n) is 14.5. The quantitative estimate of drug-likeness (QED) is 0.269. The van der Waals surface area contributed by atoms with Crippen molar-refractivity contribution in [1.29, 1.82) is 0 Å². The average molecular weight is 517 g/mol. The zero-order valence-corrected chi connectivity index (χ0v) is 18.4. The van der Waals surface area contributed by atoms with Gasteiger partial charge in [0.05, 0.1) is 12.6 Å². The number of guanidine groups is 1. The highest BCUT2D eigenvalue weighted by molar-refractivity contribution is 14.0. The van der Waals surface area contributed by atoms with Gasteiger partial charge in [-0.2, -0.15) is 0 Å². The molecule has 0 spiro atoms. The summed E-state index contributed by atoms with van der Waals surface area (Å²) in [4.78, 5) is 8.73. The van der Waals surface area contributed by atoms with Gasteiger partial charge in [0.15, 0.2) is 5.96 Å². The molecular weight excluding hydrogens is 498 g/mol. The molecular formula is C19H19Cl2IN4O. The van der Waals surface area contributed by atoms with E-state index in [9.17, 15) is 0 Å². The van der Waals surface area contributed by atoms with E-state index in [1.54, 1.807) is 18.4 Å². The predicted molar refractivity (Wildman–Crippen MR) is 121 cm³/mol. The third-order valence-electron chi connectivity index (χ3n) is 3.78. The Hall–Kier alpha value is -1.77. The van der Waals surface area contributed by atoms with E-state index in [0.717, 1.165) is 11.1 Å². The van der Waals surface area contributed by atoms with E-state index in [0.29, 0.717) is 34.1 Å². The summed E-state index contributed by atoms with van der Waals surface area (Å²) in [5.41, 5.74) is 8.48. The zero-order chi connectivity index (χ0) is 18.5. The van der Waals surface area contributed by atoms with Crippen molar-refractivity contribution in [1.82, 2.24) is 10.3 Å². The van der Waals surface area contributed by atoms with Crippen LogP contribution in [0.15, 0.2) is 64.2 Å².